The van der Waals surface area contributed by atoms with Gasteiger partial charge in [0.15, 0.2) is 5.82 Å². The Hall–Kier alpha value is -4.93. The van der Waals surface area contributed by atoms with Crippen molar-refractivity contribution in [2.75, 3.05) is 14.2 Å². The highest BCUT2D eigenvalue weighted by Crippen LogP contribution is 2.40. The molecule has 1 N–H and O–H groups in total. The number of tetrazole rings is 1. The summed E-state index contributed by atoms with van der Waals surface area (Å²) >= 11 is 0. The smallest absolute Gasteiger partial charge is 0.231 e. The lowest BCUT2D eigenvalue weighted by molar-refractivity contribution is -0.225. The molecule has 10 heteroatoms. The second kappa shape index (κ2) is 14.0. The lowest BCUT2D eigenvalue weighted by atomic mass is 10.0. The van der Waals surface area contributed by atoms with Crippen LogP contribution in [0.1, 0.15) is 56.7 Å². The first-order valence-corrected chi connectivity index (χ1v) is 15.8. The third kappa shape index (κ3) is 6.14. The van der Waals surface area contributed by atoms with Crippen LogP contribution < -0.4 is 0 Å². The molecule has 3 heterocycles. The van der Waals surface area contributed by atoms with Gasteiger partial charge in [-0.2, -0.15) is 0 Å². The number of hydrogen-bond donors (Lipinski definition) is 1. The molecule has 0 aliphatic rings. The van der Waals surface area contributed by atoms with Gasteiger partial charge >= 0.3 is 0 Å². The summed E-state index contributed by atoms with van der Waals surface area (Å²) in [5, 5.41) is 20.1. The van der Waals surface area contributed by atoms with Crippen LogP contribution in [0.25, 0.3) is 39.6 Å². The van der Waals surface area contributed by atoms with E-state index in [0.29, 0.717) is 24.6 Å². The number of H-pyrrole nitrogens is 1. The summed E-state index contributed by atoms with van der Waals surface area (Å²) in [4.78, 5) is 4.93. The zero-order valence-corrected chi connectivity index (χ0v) is 26.8. The van der Waals surface area contributed by atoms with E-state index in [1.807, 2.05) is 28.9 Å². The van der Waals surface area contributed by atoms with Gasteiger partial charge < -0.3 is 14.0 Å². The minimum absolute atomic E-state index is 0.570. The number of nitrogens with one attached hydrogen (secondary N) is 1. The molecule has 6 aromatic rings. The largest absolute Gasteiger partial charge is 0.347 e. The summed E-state index contributed by atoms with van der Waals surface area (Å²) < 4.78 is 15.9. The van der Waals surface area contributed by atoms with Gasteiger partial charge in [0, 0.05) is 38.3 Å². The van der Waals surface area contributed by atoms with Gasteiger partial charge in [0.2, 0.25) is 11.6 Å². The summed E-state index contributed by atoms with van der Waals surface area (Å²) in [5.41, 5.74) is 7.21. The molecular formula is C36H40N8O2. The van der Waals surface area contributed by atoms with Gasteiger partial charge in [-0.3, -0.25) is 0 Å². The number of nitrogens with zero attached hydrogens (tertiary/aromatic N) is 7. The van der Waals surface area contributed by atoms with Crippen LogP contribution in [0.5, 0.6) is 0 Å². The molecular weight excluding hydrogens is 576 g/mol. The van der Waals surface area contributed by atoms with Crippen LogP contribution in [-0.4, -0.2) is 54.2 Å². The molecule has 3 aromatic carbocycles. The van der Waals surface area contributed by atoms with Crippen molar-refractivity contribution >= 4 is 0 Å². The second-order valence-electron chi connectivity index (χ2n) is 11.3. The van der Waals surface area contributed by atoms with Gasteiger partial charge in [0.25, 0.3) is 0 Å². The molecule has 236 valence electrons. The molecule has 0 aliphatic heterocycles. The maximum Gasteiger partial charge on any atom is 0.231 e. The van der Waals surface area contributed by atoms with Gasteiger partial charge in [-0.05, 0) is 51.7 Å². The minimum atomic E-state index is -0.963. The van der Waals surface area contributed by atoms with E-state index >= 15 is 0 Å². The quantitative estimate of drug-likeness (QED) is 0.129. The number of hydrogen-bond acceptors (Lipinski definition) is 7. The monoisotopic (exact) mass is 616 g/mol. The lowest BCUT2D eigenvalue weighted by Gasteiger charge is -2.27. The van der Waals surface area contributed by atoms with Crippen LogP contribution in [0, 0.1) is 0 Å². The normalized spacial score (nSPS) is 11.7. The van der Waals surface area contributed by atoms with Crippen LogP contribution >= 0.6 is 0 Å². The molecule has 46 heavy (non-hydrogen) atoms. The zero-order chi connectivity index (χ0) is 31.9. The van der Waals surface area contributed by atoms with Crippen LogP contribution in [0.15, 0.2) is 91.0 Å². The molecule has 0 bridgehead atoms. The Morgan fingerprint density at radius 2 is 1.52 bits per heavy atom. The summed E-state index contributed by atoms with van der Waals surface area (Å²) in [6.07, 6.45) is 4.47. The van der Waals surface area contributed by atoms with Crippen molar-refractivity contribution in [1.82, 2.24) is 40.0 Å². The van der Waals surface area contributed by atoms with Crippen molar-refractivity contribution in [2.24, 2.45) is 0 Å². The Kier molecular flexibility index (Phi) is 9.46. The third-order valence-corrected chi connectivity index (χ3v) is 8.33. The van der Waals surface area contributed by atoms with Gasteiger partial charge in [0.1, 0.15) is 11.5 Å². The molecule has 0 unspecified atom stereocenters. The van der Waals surface area contributed by atoms with Crippen LogP contribution in [0.4, 0.5) is 0 Å². The van der Waals surface area contributed by atoms with E-state index < -0.39 is 5.79 Å². The van der Waals surface area contributed by atoms with E-state index in [4.69, 9.17) is 19.6 Å². The minimum Gasteiger partial charge on any atom is -0.347 e. The number of aryl methyl sites for hydroxylation is 1. The van der Waals surface area contributed by atoms with E-state index in [-0.39, 0.29) is 0 Å². The number of aromatic nitrogens is 8. The molecule has 0 saturated carbocycles. The molecule has 3 aromatic heterocycles. The predicted molar refractivity (Wildman–Crippen MR) is 178 cm³/mol. The topological polar surface area (TPSA) is 109 Å². The second-order valence-corrected chi connectivity index (χ2v) is 11.3. The van der Waals surface area contributed by atoms with Gasteiger partial charge in [-0.1, -0.05) is 99.5 Å². The first-order chi connectivity index (χ1) is 22.6. The van der Waals surface area contributed by atoms with E-state index in [0.717, 1.165) is 70.8 Å². The number of unbranched alkanes of at least 4 members (excludes halogenated alkanes) is 1. The lowest BCUT2D eigenvalue weighted by Crippen LogP contribution is -2.32. The first-order valence-electron chi connectivity index (χ1n) is 15.8. The average molecular weight is 617 g/mol. The van der Waals surface area contributed by atoms with Crippen LogP contribution in [-0.2, 0) is 28.2 Å². The Labute approximate surface area is 269 Å². The molecule has 6 rings (SSSR count). The van der Waals surface area contributed by atoms with E-state index in [2.05, 4.69) is 106 Å². The summed E-state index contributed by atoms with van der Waals surface area (Å²) in [6.45, 7) is 4.86. The van der Waals surface area contributed by atoms with E-state index in [1.165, 1.54) is 0 Å². The van der Waals surface area contributed by atoms with E-state index in [9.17, 15) is 0 Å². The molecule has 0 saturated heterocycles. The van der Waals surface area contributed by atoms with Crippen LogP contribution in [0.2, 0.25) is 0 Å². The fourth-order valence-corrected chi connectivity index (χ4v) is 5.95. The van der Waals surface area contributed by atoms with Crippen molar-refractivity contribution in [3.05, 3.63) is 108 Å². The maximum atomic E-state index is 5.84. The highest BCUT2D eigenvalue weighted by atomic mass is 16.7. The number of rotatable bonds is 14. The van der Waals surface area contributed by atoms with Gasteiger partial charge in [-0.25, -0.2) is 14.8 Å². The molecule has 0 spiro atoms. The first kappa shape index (κ1) is 31.1. The molecule has 10 nitrogen and oxygen atoms in total. The van der Waals surface area contributed by atoms with Gasteiger partial charge in [-0.15, -0.1) is 10.2 Å². The Bertz CT molecular complexity index is 1820. The standard InChI is InChI=1S/C36H40N8O2/c1-5-7-18-32-37-35(36(45-3,46-4)23-6-2)40-43(32)25-26-19-21-29(22-20-26)44-31(28-16-12-9-13-17-28)24-30(27-14-10-8-11-15-27)33(44)34-38-41-42-39-34/h8-17,19-22,24H,5-7,18,23,25H2,1-4H3,(H,38,39,41,42). The Morgan fingerprint density at radius 1 is 0.826 bits per heavy atom. The molecule has 0 atom stereocenters. The van der Waals surface area contributed by atoms with Crippen molar-refractivity contribution in [3.8, 4) is 39.6 Å². The summed E-state index contributed by atoms with van der Waals surface area (Å²) in [6, 6.07) is 31.5. The maximum absolute atomic E-state index is 5.84. The SMILES string of the molecule is CCCCc1nc(C(CCC)(OC)OC)nn1Cc1ccc(-n2c(-c3ccccc3)cc(-c3ccccc3)c2-c2nnn[nH]2)cc1. The van der Waals surface area contributed by atoms with E-state index in [1.54, 1.807) is 14.2 Å². The van der Waals surface area contributed by atoms with Crippen molar-refractivity contribution in [1.29, 1.82) is 0 Å². The fraction of sp³-hybridized carbons (Fsp3) is 0.306. The molecule has 0 aliphatic carbocycles. The number of methoxy groups -OCH3 is 2. The highest BCUT2D eigenvalue weighted by molar-refractivity contribution is 5.86. The van der Waals surface area contributed by atoms with Crippen molar-refractivity contribution in [3.63, 3.8) is 0 Å². The number of aromatic amines is 1. The highest BCUT2D eigenvalue weighted by Gasteiger charge is 2.36. The summed E-state index contributed by atoms with van der Waals surface area (Å²) in [7, 11) is 3.31. The number of benzene rings is 3. The Morgan fingerprint density at radius 3 is 2.13 bits per heavy atom. The van der Waals surface area contributed by atoms with Crippen molar-refractivity contribution in [2.45, 2.75) is 58.3 Å². The number of ether oxygens (including phenoxy) is 2. The Balaban J connectivity index is 1.42. The average Bonchev–Trinajstić information content (AvgIpc) is 3.87. The molecule has 0 amide bonds. The fourth-order valence-electron chi connectivity index (χ4n) is 5.95. The molecule has 0 radical (unpaired) electrons. The van der Waals surface area contributed by atoms with Crippen LogP contribution in [0.3, 0.4) is 0 Å². The van der Waals surface area contributed by atoms with Gasteiger partial charge in [0.05, 0.1) is 12.2 Å². The predicted octanol–water partition coefficient (Wildman–Crippen LogP) is 7.22. The summed E-state index contributed by atoms with van der Waals surface area (Å²) in [5.74, 6) is 1.13. The van der Waals surface area contributed by atoms with Crippen molar-refractivity contribution < 1.29 is 9.47 Å². The zero-order valence-electron chi connectivity index (χ0n) is 26.8. The molecule has 0 fully saturated rings. The third-order valence-electron chi connectivity index (χ3n) is 8.33.